The number of carbonyl (C=O) groups is 2. The van der Waals surface area contributed by atoms with Crippen molar-refractivity contribution >= 4 is 22.8 Å². The zero-order valence-corrected chi connectivity index (χ0v) is 13.2. The zero-order chi connectivity index (χ0) is 16.4. The number of carboxylic acids is 1. The molecule has 0 radical (unpaired) electrons. The molecule has 1 heterocycles. The van der Waals surface area contributed by atoms with Crippen LogP contribution in [0.1, 0.15) is 54.6 Å². The average Bonchev–Trinajstić information content (AvgIpc) is 2.85. The van der Waals surface area contributed by atoms with Crippen LogP contribution < -0.4 is 5.32 Å². The third-order valence-corrected chi connectivity index (χ3v) is 4.73. The molecule has 23 heavy (non-hydrogen) atoms. The van der Waals surface area contributed by atoms with Gasteiger partial charge in [-0.15, -0.1) is 0 Å². The van der Waals surface area contributed by atoms with Crippen LogP contribution in [0.2, 0.25) is 0 Å². The molecule has 0 saturated heterocycles. The smallest absolute Gasteiger partial charge is 0.305 e. The lowest BCUT2D eigenvalue weighted by molar-refractivity contribution is -0.139. The lowest BCUT2D eigenvalue weighted by Gasteiger charge is -2.36. The largest absolute Gasteiger partial charge is 0.481 e. The Morgan fingerprint density at radius 2 is 1.91 bits per heavy atom. The molecular weight excluding hydrogens is 294 g/mol. The molecule has 3 rings (SSSR count). The first kappa shape index (κ1) is 15.6. The molecule has 1 fully saturated rings. The fourth-order valence-corrected chi connectivity index (χ4v) is 3.55. The number of hydrogen-bond donors (Lipinski definition) is 2. The van der Waals surface area contributed by atoms with E-state index < -0.39 is 11.5 Å². The van der Waals surface area contributed by atoms with Crippen LogP contribution in [0, 0.1) is 6.92 Å². The van der Waals surface area contributed by atoms with Crippen molar-refractivity contribution in [1.82, 2.24) is 5.32 Å². The van der Waals surface area contributed by atoms with Gasteiger partial charge in [-0.1, -0.05) is 37.5 Å². The minimum Gasteiger partial charge on any atom is -0.481 e. The van der Waals surface area contributed by atoms with Crippen molar-refractivity contribution in [2.75, 3.05) is 0 Å². The Kier molecular flexibility index (Phi) is 4.11. The van der Waals surface area contributed by atoms with Gasteiger partial charge in [0, 0.05) is 10.9 Å². The Bertz CT molecular complexity index is 741. The molecule has 2 aromatic rings. The molecule has 0 bridgehead atoms. The molecule has 0 atom stereocenters. The monoisotopic (exact) mass is 315 g/mol. The van der Waals surface area contributed by atoms with Gasteiger partial charge in [0.2, 0.25) is 0 Å². The topological polar surface area (TPSA) is 79.5 Å². The molecule has 1 amide bonds. The summed E-state index contributed by atoms with van der Waals surface area (Å²) in [6, 6.07) is 7.50. The minimum atomic E-state index is -0.881. The van der Waals surface area contributed by atoms with E-state index in [2.05, 4.69) is 5.32 Å². The van der Waals surface area contributed by atoms with Crippen molar-refractivity contribution in [2.24, 2.45) is 0 Å². The highest BCUT2D eigenvalue weighted by molar-refractivity contribution is 5.99. The maximum absolute atomic E-state index is 12.7. The van der Waals surface area contributed by atoms with Crippen LogP contribution in [0.5, 0.6) is 0 Å². The number of furan rings is 1. The van der Waals surface area contributed by atoms with Crippen LogP contribution in [0.3, 0.4) is 0 Å². The van der Waals surface area contributed by atoms with Crippen molar-refractivity contribution in [2.45, 2.75) is 51.0 Å². The Balaban J connectivity index is 1.88. The third-order valence-electron chi connectivity index (χ3n) is 4.73. The van der Waals surface area contributed by atoms with Gasteiger partial charge >= 0.3 is 5.97 Å². The number of aryl methyl sites for hydroxylation is 1. The maximum atomic E-state index is 12.7. The van der Waals surface area contributed by atoms with Crippen LogP contribution in [0.4, 0.5) is 0 Å². The van der Waals surface area contributed by atoms with Crippen LogP contribution in [-0.4, -0.2) is 22.5 Å². The molecule has 122 valence electrons. The summed E-state index contributed by atoms with van der Waals surface area (Å²) in [7, 11) is 0. The number of para-hydroxylation sites is 1. The Hall–Kier alpha value is -2.30. The highest BCUT2D eigenvalue weighted by Gasteiger charge is 2.37. The minimum absolute atomic E-state index is 0.0436. The SMILES string of the molecule is Cc1c(C(=O)NC2(CC(=O)O)CCCCC2)oc2ccccc12. The first-order valence-corrected chi connectivity index (χ1v) is 8.03. The van der Waals surface area contributed by atoms with E-state index in [1.54, 1.807) is 0 Å². The molecule has 0 spiro atoms. The number of nitrogens with one attached hydrogen (secondary N) is 1. The molecule has 0 unspecified atom stereocenters. The van der Waals surface area contributed by atoms with Crippen LogP contribution in [-0.2, 0) is 4.79 Å². The molecule has 1 aromatic heterocycles. The number of rotatable bonds is 4. The van der Waals surface area contributed by atoms with Gasteiger partial charge in [0.25, 0.3) is 5.91 Å². The van der Waals surface area contributed by atoms with E-state index in [1.165, 1.54) is 0 Å². The summed E-state index contributed by atoms with van der Waals surface area (Å²) >= 11 is 0. The Morgan fingerprint density at radius 1 is 1.22 bits per heavy atom. The van der Waals surface area contributed by atoms with Gasteiger partial charge in [-0.2, -0.15) is 0 Å². The quantitative estimate of drug-likeness (QED) is 0.902. The summed E-state index contributed by atoms with van der Waals surface area (Å²) in [5.41, 5.74) is 0.803. The molecule has 1 aliphatic rings. The van der Waals surface area contributed by atoms with Gasteiger partial charge in [0.05, 0.1) is 12.0 Å². The van der Waals surface area contributed by atoms with Gasteiger partial charge in [0.15, 0.2) is 5.76 Å². The summed E-state index contributed by atoms with van der Waals surface area (Å²) in [6.07, 6.45) is 4.31. The highest BCUT2D eigenvalue weighted by Crippen LogP contribution is 2.32. The van der Waals surface area contributed by atoms with Gasteiger partial charge in [-0.25, -0.2) is 0 Å². The van der Waals surface area contributed by atoms with E-state index in [-0.39, 0.29) is 18.1 Å². The number of aliphatic carboxylic acids is 1. The summed E-state index contributed by atoms with van der Waals surface area (Å²) in [5.74, 6) is -0.920. The lowest BCUT2D eigenvalue weighted by Crippen LogP contribution is -2.51. The van der Waals surface area contributed by atoms with Crippen LogP contribution in [0.25, 0.3) is 11.0 Å². The molecular formula is C18H21NO4. The number of fused-ring (bicyclic) bond motifs is 1. The summed E-state index contributed by atoms with van der Waals surface area (Å²) < 4.78 is 5.69. The van der Waals surface area contributed by atoms with Crippen molar-refractivity contribution in [3.8, 4) is 0 Å². The Morgan fingerprint density at radius 3 is 2.57 bits per heavy atom. The molecule has 5 nitrogen and oxygen atoms in total. The predicted octanol–water partition coefficient (Wildman–Crippen LogP) is 3.65. The summed E-state index contributed by atoms with van der Waals surface area (Å²) in [4.78, 5) is 23.9. The molecule has 2 N–H and O–H groups in total. The van der Waals surface area contributed by atoms with Gasteiger partial charge in [0.1, 0.15) is 5.58 Å². The van der Waals surface area contributed by atoms with Crippen molar-refractivity contribution in [3.05, 3.63) is 35.6 Å². The lowest BCUT2D eigenvalue weighted by atomic mass is 9.79. The number of carboxylic acid groups (broad SMARTS) is 1. The van der Waals surface area contributed by atoms with Crippen LogP contribution in [0.15, 0.2) is 28.7 Å². The number of hydrogen-bond acceptors (Lipinski definition) is 3. The molecule has 5 heteroatoms. The van der Waals surface area contributed by atoms with E-state index in [4.69, 9.17) is 4.42 Å². The summed E-state index contributed by atoms with van der Waals surface area (Å²) in [5, 5.41) is 13.1. The van der Waals surface area contributed by atoms with E-state index in [0.717, 1.165) is 30.2 Å². The van der Waals surface area contributed by atoms with Gasteiger partial charge < -0.3 is 14.8 Å². The van der Waals surface area contributed by atoms with E-state index in [0.29, 0.717) is 18.4 Å². The van der Waals surface area contributed by atoms with Crippen LogP contribution >= 0.6 is 0 Å². The van der Waals surface area contributed by atoms with E-state index >= 15 is 0 Å². The first-order chi connectivity index (χ1) is 11.0. The number of amides is 1. The van der Waals surface area contributed by atoms with Gasteiger partial charge in [-0.05, 0) is 25.8 Å². The van der Waals surface area contributed by atoms with Crippen molar-refractivity contribution in [1.29, 1.82) is 0 Å². The number of carbonyl (C=O) groups excluding carboxylic acids is 1. The van der Waals surface area contributed by atoms with E-state index in [9.17, 15) is 14.7 Å². The van der Waals surface area contributed by atoms with Crippen molar-refractivity contribution < 1.29 is 19.1 Å². The predicted molar refractivity (Wildman–Crippen MR) is 86.5 cm³/mol. The van der Waals surface area contributed by atoms with Gasteiger partial charge in [-0.3, -0.25) is 9.59 Å². The first-order valence-electron chi connectivity index (χ1n) is 8.03. The normalized spacial score (nSPS) is 17.1. The molecule has 1 aliphatic carbocycles. The third kappa shape index (κ3) is 3.09. The molecule has 1 saturated carbocycles. The summed E-state index contributed by atoms with van der Waals surface area (Å²) in [6.45, 7) is 1.85. The average molecular weight is 315 g/mol. The standard InChI is InChI=1S/C18H21NO4/c1-12-13-7-3-4-8-14(13)23-16(12)17(22)19-18(11-15(20)21)9-5-2-6-10-18/h3-4,7-8H,2,5-6,9-11H2,1H3,(H,19,22)(H,20,21). The van der Waals surface area contributed by atoms with Crippen molar-refractivity contribution in [3.63, 3.8) is 0 Å². The second-order valence-electron chi connectivity index (χ2n) is 6.42. The zero-order valence-electron chi connectivity index (χ0n) is 13.2. The molecule has 1 aromatic carbocycles. The second-order valence-corrected chi connectivity index (χ2v) is 6.42. The maximum Gasteiger partial charge on any atom is 0.305 e. The highest BCUT2D eigenvalue weighted by atomic mass is 16.4. The fourth-order valence-electron chi connectivity index (χ4n) is 3.55. The fraction of sp³-hybridized carbons (Fsp3) is 0.444. The second kappa shape index (κ2) is 6.07. The number of benzene rings is 1. The Labute approximate surface area is 134 Å². The molecule has 0 aliphatic heterocycles. The van der Waals surface area contributed by atoms with E-state index in [1.807, 2.05) is 31.2 Å².